The number of unbranched alkanes of at least 4 members (excludes halogenated alkanes) is 1. The van der Waals surface area contributed by atoms with Crippen molar-refractivity contribution in [2.24, 2.45) is 0 Å². The van der Waals surface area contributed by atoms with E-state index in [2.05, 4.69) is 91.2 Å². The lowest BCUT2D eigenvalue weighted by Crippen LogP contribution is -2.09. The van der Waals surface area contributed by atoms with E-state index < -0.39 is 0 Å². The summed E-state index contributed by atoms with van der Waals surface area (Å²) in [5, 5.41) is 2.39. The molecule has 0 aliphatic heterocycles. The van der Waals surface area contributed by atoms with Gasteiger partial charge in [0.15, 0.2) is 0 Å². The Morgan fingerprint density at radius 1 is 0.765 bits per heavy atom. The summed E-state index contributed by atoms with van der Waals surface area (Å²) in [7, 11) is 0. The van der Waals surface area contributed by atoms with E-state index in [9.17, 15) is 0 Å². The van der Waals surface area contributed by atoms with E-state index in [0.717, 1.165) is 47.7 Å². The number of rotatable bonds is 9. The van der Waals surface area contributed by atoms with Crippen molar-refractivity contribution in [3.05, 3.63) is 102 Å². The molecule has 0 saturated carbocycles. The zero-order chi connectivity index (χ0) is 23.3. The molecule has 0 atom stereocenters. The maximum atomic E-state index is 6.17. The highest BCUT2D eigenvalue weighted by atomic mass is 16.5. The fourth-order valence-corrected chi connectivity index (χ4v) is 4.31. The van der Waals surface area contributed by atoms with Crippen LogP contribution < -0.4 is 9.47 Å². The minimum atomic E-state index is 0.437. The lowest BCUT2D eigenvalue weighted by atomic mass is 10.1. The molecule has 0 spiro atoms. The van der Waals surface area contributed by atoms with Gasteiger partial charge in [-0.3, -0.25) is 0 Å². The Morgan fingerprint density at radius 3 is 2.50 bits per heavy atom. The van der Waals surface area contributed by atoms with Crippen molar-refractivity contribution < 1.29 is 9.47 Å². The Morgan fingerprint density at radius 2 is 1.59 bits per heavy atom. The van der Waals surface area contributed by atoms with E-state index in [4.69, 9.17) is 14.5 Å². The van der Waals surface area contributed by atoms with E-state index in [-0.39, 0.29) is 0 Å². The van der Waals surface area contributed by atoms with E-state index in [1.165, 1.54) is 21.9 Å². The maximum absolute atomic E-state index is 6.17. The van der Waals surface area contributed by atoms with Crippen LogP contribution in [0, 0.1) is 13.8 Å². The van der Waals surface area contributed by atoms with Crippen LogP contribution in [-0.4, -0.2) is 16.2 Å². The van der Waals surface area contributed by atoms with Crippen LogP contribution in [0.1, 0.15) is 29.8 Å². The number of hydrogen-bond donors (Lipinski definition) is 0. The molecule has 1 aromatic heterocycles. The third-order valence-electron chi connectivity index (χ3n) is 6.20. The van der Waals surface area contributed by atoms with Crippen molar-refractivity contribution >= 4 is 21.8 Å². The largest absolute Gasteiger partial charge is 0.493 e. The summed E-state index contributed by atoms with van der Waals surface area (Å²) in [6.45, 7) is 6.21. The lowest BCUT2D eigenvalue weighted by molar-refractivity contribution is 0.285. The second-order valence-corrected chi connectivity index (χ2v) is 8.79. The molecule has 0 saturated heterocycles. The summed E-state index contributed by atoms with van der Waals surface area (Å²) in [6, 6.07) is 29.2. The van der Waals surface area contributed by atoms with Crippen LogP contribution >= 0.6 is 0 Å². The molecule has 5 rings (SSSR count). The Bertz CT molecular complexity index is 1420. The lowest BCUT2D eigenvalue weighted by Gasteiger charge is -2.12. The van der Waals surface area contributed by atoms with Gasteiger partial charge in [0.2, 0.25) is 0 Å². The van der Waals surface area contributed by atoms with Gasteiger partial charge < -0.3 is 14.0 Å². The van der Waals surface area contributed by atoms with Crippen LogP contribution in [-0.2, 0) is 13.2 Å². The molecular formula is C30H30N2O2. The van der Waals surface area contributed by atoms with Crippen LogP contribution in [0.3, 0.4) is 0 Å². The van der Waals surface area contributed by atoms with Gasteiger partial charge in [-0.15, -0.1) is 0 Å². The molecule has 5 aromatic rings. The minimum Gasteiger partial charge on any atom is -0.493 e. The number of aryl methyl sites for hydroxylation is 3. The highest BCUT2D eigenvalue weighted by Crippen LogP contribution is 2.23. The number of ether oxygens (including phenoxy) is 2. The normalized spacial score (nSPS) is 11.2. The Hall–Kier alpha value is -3.79. The molecule has 1 heterocycles. The van der Waals surface area contributed by atoms with Crippen LogP contribution in [0.2, 0.25) is 0 Å². The van der Waals surface area contributed by atoms with Gasteiger partial charge in [-0.1, -0.05) is 54.6 Å². The molecular weight excluding hydrogens is 420 g/mol. The molecule has 172 valence electrons. The summed E-state index contributed by atoms with van der Waals surface area (Å²) in [6.07, 6.45) is 1.99. The third-order valence-corrected chi connectivity index (χ3v) is 6.20. The SMILES string of the molecule is Cc1ccc(C)c(OCCCCn2c(COc3ccc4ccccc4c3)nc3ccccc32)c1. The number of hydrogen-bond acceptors (Lipinski definition) is 3. The van der Waals surface area contributed by atoms with E-state index >= 15 is 0 Å². The summed E-state index contributed by atoms with van der Waals surface area (Å²) >= 11 is 0. The zero-order valence-electron chi connectivity index (χ0n) is 19.8. The molecule has 4 aromatic carbocycles. The number of fused-ring (bicyclic) bond motifs is 2. The molecule has 34 heavy (non-hydrogen) atoms. The van der Waals surface area contributed by atoms with Gasteiger partial charge in [-0.25, -0.2) is 4.98 Å². The van der Waals surface area contributed by atoms with Gasteiger partial charge in [0.1, 0.15) is 23.9 Å². The first-order chi connectivity index (χ1) is 16.7. The predicted molar refractivity (Wildman–Crippen MR) is 139 cm³/mol. The molecule has 4 heteroatoms. The fraction of sp³-hybridized carbons (Fsp3) is 0.233. The summed E-state index contributed by atoms with van der Waals surface area (Å²) in [5.41, 5.74) is 4.56. The first-order valence-corrected chi connectivity index (χ1v) is 11.9. The number of aromatic nitrogens is 2. The molecule has 0 fully saturated rings. The molecule has 0 amide bonds. The quantitative estimate of drug-likeness (QED) is 0.222. The second-order valence-electron chi connectivity index (χ2n) is 8.79. The first-order valence-electron chi connectivity index (χ1n) is 11.9. The van der Waals surface area contributed by atoms with Crippen molar-refractivity contribution in [3.63, 3.8) is 0 Å². The number of nitrogens with zero attached hydrogens (tertiary/aromatic N) is 2. The molecule has 0 unspecified atom stereocenters. The molecule has 0 bridgehead atoms. The van der Waals surface area contributed by atoms with Gasteiger partial charge in [0.25, 0.3) is 0 Å². The van der Waals surface area contributed by atoms with Gasteiger partial charge >= 0.3 is 0 Å². The Kier molecular flexibility index (Phi) is 6.48. The van der Waals surface area contributed by atoms with Crippen molar-refractivity contribution in [1.29, 1.82) is 0 Å². The Labute approximate surface area is 200 Å². The van der Waals surface area contributed by atoms with Crippen molar-refractivity contribution in [1.82, 2.24) is 9.55 Å². The van der Waals surface area contributed by atoms with Crippen LogP contribution in [0.15, 0.2) is 84.9 Å². The predicted octanol–water partition coefficient (Wildman–Crippen LogP) is 7.24. The van der Waals surface area contributed by atoms with Crippen molar-refractivity contribution in [3.8, 4) is 11.5 Å². The zero-order valence-corrected chi connectivity index (χ0v) is 19.8. The summed E-state index contributed by atoms with van der Waals surface area (Å²) in [5.74, 6) is 2.79. The average molecular weight is 451 g/mol. The average Bonchev–Trinajstić information content (AvgIpc) is 3.22. The number of benzene rings is 4. The van der Waals surface area contributed by atoms with Crippen molar-refractivity contribution in [2.75, 3.05) is 6.61 Å². The summed E-state index contributed by atoms with van der Waals surface area (Å²) in [4.78, 5) is 4.86. The topological polar surface area (TPSA) is 36.3 Å². The maximum Gasteiger partial charge on any atom is 0.147 e. The standard InChI is InChI=1S/C30H30N2O2/c1-22-13-14-23(2)29(19-22)33-18-8-7-17-32-28-12-6-5-11-27(28)31-30(32)21-34-26-16-15-24-9-3-4-10-25(24)20-26/h3-6,9-16,19-20H,7-8,17-18,21H2,1-2H3. The third kappa shape index (κ3) is 4.91. The van der Waals surface area contributed by atoms with Crippen LogP contribution in [0.25, 0.3) is 21.8 Å². The molecule has 0 aliphatic carbocycles. The van der Waals surface area contributed by atoms with Gasteiger partial charge in [-0.05, 0) is 78.9 Å². The molecule has 4 nitrogen and oxygen atoms in total. The van der Waals surface area contributed by atoms with Gasteiger partial charge in [0, 0.05) is 6.54 Å². The van der Waals surface area contributed by atoms with Gasteiger partial charge in [-0.2, -0.15) is 0 Å². The highest BCUT2D eigenvalue weighted by Gasteiger charge is 2.11. The summed E-state index contributed by atoms with van der Waals surface area (Å²) < 4.78 is 14.5. The second kappa shape index (κ2) is 10.0. The molecule has 0 N–H and O–H groups in total. The van der Waals surface area contributed by atoms with Crippen LogP contribution in [0.5, 0.6) is 11.5 Å². The number of para-hydroxylation sites is 2. The Balaban J connectivity index is 1.24. The number of imidazole rings is 1. The smallest absolute Gasteiger partial charge is 0.147 e. The minimum absolute atomic E-state index is 0.437. The molecule has 0 radical (unpaired) electrons. The first kappa shape index (κ1) is 22.0. The highest BCUT2D eigenvalue weighted by molar-refractivity contribution is 5.83. The van der Waals surface area contributed by atoms with Crippen molar-refractivity contribution in [2.45, 2.75) is 39.8 Å². The van der Waals surface area contributed by atoms with E-state index in [1.807, 2.05) is 12.1 Å². The van der Waals surface area contributed by atoms with Crippen LogP contribution in [0.4, 0.5) is 0 Å². The van der Waals surface area contributed by atoms with E-state index in [0.29, 0.717) is 13.2 Å². The monoisotopic (exact) mass is 450 g/mol. The van der Waals surface area contributed by atoms with Gasteiger partial charge in [0.05, 0.1) is 17.6 Å². The van der Waals surface area contributed by atoms with E-state index in [1.54, 1.807) is 0 Å². The molecule has 0 aliphatic rings. The fourth-order valence-electron chi connectivity index (χ4n) is 4.31.